The molecular weight excluding hydrogens is 378 g/mol. The van der Waals surface area contributed by atoms with Gasteiger partial charge in [0.1, 0.15) is 24.1 Å². The fourth-order valence-electron chi connectivity index (χ4n) is 2.46. The summed E-state index contributed by atoms with van der Waals surface area (Å²) in [6.45, 7) is 1.59. The van der Waals surface area contributed by atoms with E-state index in [-0.39, 0.29) is 0 Å². The molecule has 0 amide bonds. The maximum absolute atomic E-state index is 10.0. The molecule has 4 N–H and O–H groups in total. The summed E-state index contributed by atoms with van der Waals surface area (Å²) in [7, 11) is 0. The predicted octanol–water partition coefficient (Wildman–Crippen LogP) is 1.79. The van der Waals surface area contributed by atoms with E-state index in [0.717, 1.165) is 5.52 Å². The van der Waals surface area contributed by atoms with Gasteiger partial charge in [-0.3, -0.25) is 0 Å². The fourth-order valence-corrected chi connectivity index (χ4v) is 3.04. The third-order valence-corrected chi connectivity index (χ3v) is 5.03. The van der Waals surface area contributed by atoms with Gasteiger partial charge in [0.05, 0.1) is 22.0 Å². The molecule has 1 aliphatic rings. The van der Waals surface area contributed by atoms with Gasteiger partial charge in [-0.2, -0.15) is 0 Å². The normalized spacial score (nSPS) is 32.4. The number of aliphatic hydroxyl groups is 3. The molecule has 22 heavy (non-hydrogen) atoms. The number of nitrogens with one attached hydrogen (secondary N) is 1. The van der Waals surface area contributed by atoms with Crippen LogP contribution in [0, 0.1) is 0 Å². The van der Waals surface area contributed by atoms with Crippen LogP contribution in [0.25, 0.3) is 10.9 Å². The highest BCUT2D eigenvalue weighted by molar-refractivity contribution is 9.10. The number of rotatable bonds is 2. The Balaban J connectivity index is 1.92. The third-order valence-electron chi connectivity index (χ3n) is 3.75. The van der Waals surface area contributed by atoms with Crippen LogP contribution in [0.2, 0.25) is 5.02 Å². The van der Waals surface area contributed by atoms with Crippen LogP contribution >= 0.6 is 27.5 Å². The lowest BCUT2D eigenvalue weighted by Crippen LogP contribution is -2.58. The number of halogens is 2. The standard InChI is InChI=1S/C14H15BrClNO5/c1-5-11(18)12(19)13(20)14(21-5)22-8-4-17-7-3-2-6(15)10(16)9(7)8/h2-5,11-14,17-20H,1H3/t5-,11+,12-,13-,14+/m0/s1. The second kappa shape index (κ2) is 5.99. The van der Waals surface area contributed by atoms with Gasteiger partial charge in [-0.05, 0) is 35.0 Å². The maximum Gasteiger partial charge on any atom is 0.229 e. The number of benzene rings is 1. The van der Waals surface area contributed by atoms with Crippen molar-refractivity contribution >= 4 is 38.4 Å². The summed E-state index contributed by atoms with van der Waals surface area (Å²) in [5, 5.41) is 30.6. The maximum atomic E-state index is 10.0. The lowest BCUT2D eigenvalue weighted by Gasteiger charge is -2.38. The van der Waals surface area contributed by atoms with Gasteiger partial charge in [-0.15, -0.1) is 0 Å². The topological polar surface area (TPSA) is 94.9 Å². The highest BCUT2D eigenvalue weighted by atomic mass is 79.9. The van der Waals surface area contributed by atoms with E-state index in [2.05, 4.69) is 20.9 Å². The molecule has 1 saturated heterocycles. The molecule has 5 atom stereocenters. The van der Waals surface area contributed by atoms with Gasteiger partial charge in [0.2, 0.25) is 6.29 Å². The van der Waals surface area contributed by atoms with Crippen molar-refractivity contribution in [2.45, 2.75) is 37.6 Å². The van der Waals surface area contributed by atoms with Crippen LogP contribution in [-0.2, 0) is 4.74 Å². The van der Waals surface area contributed by atoms with E-state index >= 15 is 0 Å². The first-order valence-electron chi connectivity index (χ1n) is 6.71. The van der Waals surface area contributed by atoms with Crippen LogP contribution < -0.4 is 4.74 Å². The van der Waals surface area contributed by atoms with Crippen LogP contribution in [-0.4, -0.2) is 51.0 Å². The molecule has 1 aliphatic heterocycles. The molecule has 0 unspecified atom stereocenters. The molecular formula is C14H15BrClNO5. The van der Waals surface area contributed by atoms with E-state index in [1.54, 1.807) is 19.2 Å². The van der Waals surface area contributed by atoms with Crippen LogP contribution in [0.15, 0.2) is 22.8 Å². The van der Waals surface area contributed by atoms with Crippen molar-refractivity contribution in [1.29, 1.82) is 0 Å². The summed E-state index contributed by atoms with van der Waals surface area (Å²) in [6, 6.07) is 3.64. The number of hydrogen-bond donors (Lipinski definition) is 4. The number of H-pyrrole nitrogens is 1. The second-order valence-corrected chi connectivity index (χ2v) is 6.47. The van der Waals surface area contributed by atoms with Gasteiger partial charge in [-0.1, -0.05) is 11.6 Å². The predicted molar refractivity (Wildman–Crippen MR) is 84.0 cm³/mol. The molecule has 8 heteroatoms. The van der Waals surface area contributed by atoms with E-state index < -0.39 is 30.7 Å². The van der Waals surface area contributed by atoms with Gasteiger partial charge < -0.3 is 29.8 Å². The molecule has 0 spiro atoms. The summed E-state index contributed by atoms with van der Waals surface area (Å²) in [4.78, 5) is 3.01. The van der Waals surface area contributed by atoms with Crippen LogP contribution in [0.3, 0.4) is 0 Å². The number of ether oxygens (including phenoxy) is 2. The molecule has 1 aromatic carbocycles. The second-order valence-electron chi connectivity index (χ2n) is 5.24. The van der Waals surface area contributed by atoms with Gasteiger partial charge in [0.25, 0.3) is 0 Å². The van der Waals surface area contributed by atoms with Crippen LogP contribution in [0.1, 0.15) is 6.92 Å². The lowest BCUT2D eigenvalue weighted by molar-refractivity contribution is -0.267. The van der Waals surface area contributed by atoms with E-state index in [4.69, 9.17) is 21.1 Å². The number of aromatic nitrogens is 1. The molecule has 0 bridgehead atoms. The zero-order valence-corrected chi connectivity index (χ0v) is 13.9. The average molecular weight is 393 g/mol. The van der Waals surface area contributed by atoms with E-state index in [1.807, 2.05) is 6.07 Å². The quantitative estimate of drug-likeness (QED) is 0.625. The average Bonchev–Trinajstić information content (AvgIpc) is 2.90. The minimum absolute atomic E-state index is 0.390. The highest BCUT2D eigenvalue weighted by Gasteiger charge is 2.43. The van der Waals surface area contributed by atoms with Crippen LogP contribution in [0.4, 0.5) is 0 Å². The van der Waals surface area contributed by atoms with Gasteiger partial charge in [0.15, 0.2) is 0 Å². The largest absolute Gasteiger partial charge is 0.460 e. The first kappa shape index (κ1) is 16.0. The molecule has 1 aromatic heterocycles. The lowest BCUT2D eigenvalue weighted by atomic mass is 10.00. The van der Waals surface area contributed by atoms with E-state index in [1.165, 1.54) is 0 Å². The van der Waals surface area contributed by atoms with Crippen molar-refractivity contribution < 1.29 is 24.8 Å². The van der Waals surface area contributed by atoms with Gasteiger partial charge >= 0.3 is 0 Å². The first-order valence-corrected chi connectivity index (χ1v) is 7.88. The zero-order chi connectivity index (χ0) is 16.0. The summed E-state index contributed by atoms with van der Waals surface area (Å²) >= 11 is 9.61. The Hall–Kier alpha value is -0.830. The Morgan fingerprint density at radius 3 is 2.68 bits per heavy atom. The molecule has 6 nitrogen and oxygen atoms in total. The molecule has 2 aromatic rings. The Morgan fingerprint density at radius 2 is 1.95 bits per heavy atom. The minimum atomic E-state index is -1.37. The van der Waals surface area contributed by atoms with Crippen molar-refractivity contribution in [2.24, 2.45) is 0 Å². The minimum Gasteiger partial charge on any atom is -0.460 e. The Morgan fingerprint density at radius 1 is 1.23 bits per heavy atom. The number of aliphatic hydroxyl groups excluding tert-OH is 3. The number of fused-ring (bicyclic) bond motifs is 1. The molecule has 0 aliphatic carbocycles. The summed E-state index contributed by atoms with van der Waals surface area (Å²) in [6.07, 6.45) is -4.07. The number of aromatic amines is 1. The molecule has 3 rings (SSSR count). The summed E-state index contributed by atoms with van der Waals surface area (Å²) in [5.41, 5.74) is 0.766. The van der Waals surface area contributed by atoms with Gasteiger partial charge in [-0.25, -0.2) is 0 Å². The first-order chi connectivity index (χ1) is 10.4. The molecule has 0 saturated carbocycles. The van der Waals surface area contributed by atoms with Crippen molar-refractivity contribution in [3.05, 3.63) is 27.8 Å². The number of hydrogen-bond acceptors (Lipinski definition) is 5. The molecule has 0 radical (unpaired) electrons. The monoisotopic (exact) mass is 391 g/mol. The Bertz CT molecular complexity index is 693. The third kappa shape index (κ3) is 2.62. The smallest absolute Gasteiger partial charge is 0.229 e. The van der Waals surface area contributed by atoms with Crippen molar-refractivity contribution in [1.82, 2.24) is 4.98 Å². The Labute approximate surface area is 139 Å². The highest BCUT2D eigenvalue weighted by Crippen LogP contribution is 2.38. The van der Waals surface area contributed by atoms with E-state index in [9.17, 15) is 15.3 Å². The Kier molecular flexibility index (Phi) is 4.37. The van der Waals surface area contributed by atoms with Crippen molar-refractivity contribution in [2.75, 3.05) is 0 Å². The fraction of sp³-hybridized carbons (Fsp3) is 0.429. The van der Waals surface area contributed by atoms with Gasteiger partial charge in [0, 0.05) is 10.7 Å². The molecule has 120 valence electrons. The molecule has 2 heterocycles. The van der Waals surface area contributed by atoms with Crippen molar-refractivity contribution in [3.63, 3.8) is 0 Å². The zero-order valence-electron chi connectivity index (χ0n) is 11.5. The summed E-state index contributed by atoms with van der Waals surface area (Å²) < 4.78 is 11.8. The SMILES string of the molecule is C[C@@H]1O[C@H](Oc2c[nH]c3ccc(Br)c(Cl)c23)[C@@H](O)[C@@H](O)[C@@H]1O. The summed E-state index contributed by atoms with van der Waals surface area (Å²) in [5.74, 6) is 0.390. The van der Waals surface area contributed by atoms with Crippen LogP contribution in [0.5, 0.6) is 5.75 Å². The molecule has 1 fully saturated rings. The van der Waals surface area contributed by atoms with E-state index in [0.29, 0.717) is 20.6 Å². The van der Waals surface area contributed by atoms with Crippen molar-refractivity contribution in [3.8, 4) is 5.75 Å².